The molecule has 0 aliphatic rings. The lowest BCUT2D eigenvalue weighted by Crippen LogP contribution is -2.17. The van der Waals surface area contributed by atoms with Crippen molar-refractivity contribution in [2.24, 2.45) is 0 Å². The number of carbonyl (C=O) groups excluding carboxylic acids is 1. The average Bonchev–Trinajstić information content (AvgIpc) is 3.57. The number of nitrogens with one attached hydrogen (secondary N) is 1. The van der Waals surface area contributed by atoms with Crippen LogP contribution >= 0.6 is 11.3 Å². The first-order valence-corrected chi connectivity index (χ1v) is 12.0. The highest BCUT2D eigenvalue weighted by Crippen LogP contribution is 2.29. The second-order valence-electron chi connectivity index (χ2n) is 7.95. The standard InChI is InChI=1S/C28H23N3O2S/c32-26(19-23(20-10-3-1-4-11-20)21-12-5-2-6-13-21)29-24-15-8-7-14-22(24)18-27-30-28(31-33-27)25-16-9-17-34-25/h1-17,23H,18-19H2,(H,29,32). The maximum Gasteiger partial charge on any atom is 0.231 e. The maximum absolute atomic E-state index is 13.2. The van der Waals surface area contributed by atoms with E-state index < -0.39 is 0 Å². The van der Waals surface area contributed by atoms with Crippen LogP contribution < -0.4 is 5.32 Å². The third kappa shape index (κ3) is 5.13. The Balaban J connectivity index is 1.33. The van der Waals surface area contributed by atoms with E-state index in [0.29, 0.717) is 24.6 Å². The number of rotatable bonds is 8. The number of benzene rings is 3. The van der Waals surface area contributed by atoms with E-state index >= 15 is 0 Å². The van der Waals surface area contributed by atoms with Gasteiger partial charge in [-0.2, -0.15) is 4.98 Å². The van der Waals surface area contributed by atoms with Gasteiger partial charge in [0.05, 0.1) is 11.3 Å². The second-order valence-corrected chi connectivity index (χ2v) is 8.90. The molecule has 5 nitrogen and oxygen atoms in total. The topological polar surface area (TPSA) is 68.0 Å². The Labute approximate surface area is 202 Å². The molecule has 0 atom stereocenters. The number of para-hydroxylation sites is 1. The van der Waals surface area contributed by atoms with Crippen LogP contribution in [-0.4, -0.2) is 16.0 Å². The van der Waals surface area contributed by atoms with Crippen molar-refractivity contribution >= 4 is 22.9 Å². The van der Waals surface area contributed by atoms with Crippen molar-refractivity contribution in [3.8, 4) is 10.7 Å². The Bertz CT molecular complexity index is 1310. The number of hydrogen-bond donors (Lipinski definition) is 1. The van der Waals surface area contributed by atoms with Crippen molar-refractivity contribution in [1.82, 2.24) is 10.1 Å². The number of nitrogens with zero attached hydrogens (tertiary/aromatic N) is 2. The Morgan fingerprint density at radius 2 is 1.53 bits per heavy atom. The van der Waals surface area contributed by atoms with Crippen LogP contribution in [0.2, 0.25) is 0 Å². The molecule has 0 fully saturated rings. The van der Waals surface area contributed by atoms with Gasteiger partial charge in [0.1, 0.15) is 0 Å². The summed E-state index contributed by atoms with van der Waals surface area (Å²) in [7, 11) is 0. The second kappa shape index (κ2) is 10.3. The van der Waals surface area contributed by atoms with Crippen molar-refractivity contribution in [1.29, 1.82) is 0 Å². The fourth-order valence-electron chi connectivity index (χ4n) is 3.98. The number of aromatic nitrogens is 2. The molecule has 2 aromatic heterocycles. The van der Waals surface area contributed by atoms with Crippen molar-refractivity contribution in [2.45, 2.75) is 18.8 Å². The third-order valence-corrected chi connectivity index (χ3v) is 6.50. The van der Waals surface area contributed by atoms with Crippen molar-refractivity contribution < 1.29 is 9.32 Å². The van der Waals surface area contributed by atoms with Gasteiger partial charge in [0, 0.05) is 18.0 Å². The average molecular weight is 466 g/mol. The third-order valence-electron chi connectivity index (χ3n) is 5.64. The highest BCUT2D eigenvalue weighted by molar-refractivity contribution is 7.13. The van der Waals surface area contributed by atoms with Crippen molar-refractivity contribution in [3.05, 3.63) is 125 Å². The van der Waals surface area contributed by atoms with Crippen LogP contribution in [0.25, 0.3) is 10.7 Å². The van der Waals surface area contributed by atoms with Gasteiger partial charge in [-0.15, -0.1) is 11.3 Å². The highest BCUT2D eigenvalue weighted by Gasteiger charge is 2.19. The Kier molecular flexibility index (Phi) is 6.59. The van der Waals surface area contributed by atoms with Gasteiger partial charge >= 0.3 is 0 Å². The van der Waals surface area contributed by atoms with Crippen LogP contribution in [0.15, 0.2) is 107 Å². The molecule has 0 spiro atoms. The van der Waals surface area contributed by atoms with Gasteiger partial charge in [0.2, 0.25) is 17.6 Å². The number of thiophene rings is 1. The molecule has 0 aliphatic carbocycles. The molecule has 1 amide bonds. The summed E-state index contributed by atoms with van der Waals surface area (Å²) >= 11 is 1.57. The molecule has 0 unspecified atom stereocenters. The van der Waals surface area contributed by atoms with Gasteiger partial charge in [0.25, 0.3) is 0 Å². The molecule has 2 heterocycles. The van der Waals surface area contributed by atoms with E-state index in [-0.39, 0.29) is 11.8 Å². The van der Waals surface area contributed by atoms with E-state index in [2.05, 4.69) is 39.7 Å². The molecule has 0 bridgehead atoms. The monoisotopic (exact) mass is 465 g/mol. The fourth-order valence-corrected chi connectivity index (χ4v) is 4.63. The van der Waals surface area contributed by atoms with E-state index in [1.165, 1.54) is 0 Å². The summed E-state index contributed by atoms with van der Waals surface area (Å²) in [5.74, 6) is 1.02. The molecule has 34 heavy (non-hydrogen) atoms. The number of carbonyl (C=O) groups is 1. The largest absolute Gasteiger partial charge is 0.339 e. The van der Waals surface area contributed by atoms with Gasteiger partial charge in [-0.05, 0) is 34.2 Å². The van der Waals surface area contributed by atoms with Gasteiger partial charge in [0.15, 0.2) is 0 Å². The van der Waals surface area contributed by atoms with E-state index in [1.807, 2.05) is 78.2 Å². The number of amides is 1. The number of hydrogen-bond acceptors (Lipinski definition) is 5. The lowest BCUT2D eigenvalue weighted by Gasteiger charge is -2.18. The molecule has 5 aromatic rings. The normalized spacial score (nSPS) is 11.0. The van der Waals surface area contributed by atoms with Crippen LogP contribution in [0.1, 0.15) is 34.9 Å². The first kappa shape index (κ1) is 21.8. The zero-order valence-electron chi connectivity index (χ0n) is 18.4. The molecule has 0 aliphatic heterocycles. The SMILES string of the molecule is O=C(CC(c1ccccc1)c1ccccc1)Nc1ccccc1Cc1nc(-c2cccs2)no1. The smallest absolute Gasteiger partial charge is 0.231 e. The Morgan fingerprint density at radius 3 is 2.21 bits per heavy atom. The summed E-state index contributed by atoms with van der Waals surface area (Å²) in [5.41, 5.74) is 3.91. The van der Waals surface area contributed by atoms with Crippen molar-refractivity contribution in [2.75, 3.05) is 5.32 Å². The molecule has 5 rings (SSSR count). The van der Waals surface area contributed by atoms with Crippen LogP contribution in [0, 0.1) is 0 Å². The zero-order chi connectivity index (χ0) is 23.2. The van der Waals surface area contributed by atoms with E-state index in [4.69, 9.17) is 4.52 Å². The molecule has 3 aromatic carbocycles. The number of anilines is 1. The summed E-state index contributed by atoms with van der Waals surface area (Å²) in [4.78, 5) is 18.7. The molecular formula is C28H23N3O2S. The van der Waals surface area contributed by atoms with Gasteiger partial charge in [-0.25, -0.2) is 0 Å². The van der Waals surface area contributed by atoms with E-state index in [1.54, 1.807) is 11.3 Å². The van der Waals surface area contributed by atoms with E-state index in [0.717, 1.165) is 27.3 Å². The predicted molar refractivity (Wildman–Crippen MR) is 135 cm³/mol. The zero-order valence-corrected chi connectivity index (χ0v) is 19.2. The van der Waals surface area contributed by atoms with Crippen LogP contribution in [-0.2, 0) is 11.2 Å². The van der Waals surface area contributed by atoms with Crippen LogP contribution in [0.3, 0.4) is 0 Å². The first-order chi connectivity index (χ1) is 16.8. The lowest BCUT2D eigenvalue weighted by atomic mass is 9.88. The summed E-state index contributed by atoms with van der Waals surface area (Å²) < 4.78 is 5.47. The lowest BCUT2D eigenvalue weighted by molar-refractivity contribution is -0.116. The predicted octanol–water partition coefficient (Wildman–Crippen LogP) is 6.55. The maximum atomic E-state index is 13.2. The minimum atomic E-state index is -0.0463. The van der Waals surface area contributed by atoms with Gasteiger partial charge in [-0.1, -0.05) is 90.1 Å². The summed E-state index contributed by atoms with van der Waals surface area (Å²) in [5, 5.41) is 9.18. The Morgan fingerprint density at radius 1 is 0.853 bits per heavy atom. The minimum Gasteiger partial charge on any atom is -0.339 e. The molecule has 0 radical (unpaired) electrons. The minimum absolute atomic E-state index is 0.0288. The molecule has 0 saturated carbocycles. The summed E-state index contributed by atoms with van der Waals surface area (Å²) in [6.07, 6.45) is 0.779. The summed E-state index contributed by atoms with van der Waals surface area (Å²) in [6, 6.07) is 31.9. The summed E-state index contributed by atoms with van der Waals surface area (Å²) in [6.45, 7) is 0. The quantitative estimate of drug-likeness (QED) is 0.282. The molecule has 1 N–H and O–H groups in total. The van der Waals surface area contributed by atoms with E-state index in [9.17, 15) is 4.79 Å². The van der Waals surface area contributed by atoms with Gasteiger partial charge < -0.3 is 9.84 Å². The first-order valence-electron chi connectivity index (χ1n) is 11.1. The highest BCUT2D eigenvalue weighted by atomic mass is 32.1. The van der Waals surface area contributed by atoms with Crippen LogP contribution in [0.4, 0.5) is 5.69 Å². The van der Waals surface area contributed by atoms with Gasteiger partial charge in [-0.3, -0.25) is 4.79 Å². The fraction of sp³-hybridized carbons (Fsp3) is 0.107. The van der Waals surface area contributed by atoms with Crippen molar-refractivity contribution in [3.63, 3.8) is 0 Å². The molecule has 6 heteroatoms. The molecule has 168 valence electrons. The van der Waals surface area contributed by atoms with Crippen LogP contribution in [0.5, 0.6) is 0 Å². The molecular weight excluding hydrogens is 442 g/mol. The Hall–Kier alpha value is -4.03. The molecule has 0 saturated heterocycles.